The molecule has 0 atom stereocenters. The van der Waals surface area contributed by atoms with Gasteiger partial charge in [0, 0.05) is 12.3 Å². The quantitative estimate of drug-likeness (QED) is 0.540. The third-order valence-corrected chi connectivity index (χ3v) is 3.73. The van der Waals surface area contributed by atoms with Gasteiger partial charge in [0.2, 0.25) is 17.7 Å². The predicted octanol–water partition coefficient (Wildman–Crippen LogP) is 3.63. The van der Waals surface area contributed by atoms with E-state index < -0.39 is 5.95 Å². The Morgan fingerprint density at radius 1 is 1.00 bits per heavy atom. The molecule has 0 fully saturated rings. The Labute approximate surface area is 153 Å². The van der Waals surface area contributed by atoms with Crippen molar-refractivity contribution in [2.75, 3.05) is 5.73 Å². The van der Waals surface area contributed by atoms with Crippen molar-refractivity contribution >= 4 is 5.82 Å². The van der Waals surface area contributed by atoms with E-state index in [0.29, 0.717) is 35.3 Å². The van der Waals surface area contributed by atoms with Crippen LogP contribution in [0.5, 0.6) is 11.6 Å². The van der Waals surface area contributed by atoms with Gasteiger partial charge in [0.05, 0.1) is 12.0 Å². The highest BCUT2D eigenvalue weighted by Crippen LogP contribution is 2.24. The summed E-state index contributed by atoms with van der Waals surface area (Å²) < 4.78 is 24.3. The molecule has 27 heavy (non-hydrogen) atoms. The number of nitrogens with zero attached hydrogens (tertiary/aromatic N) is 4. The number of nitrogens with two attached hydrogens (primary N) is 1. The molecule has 0 radical (unpaired) electrons. The zero-order valence-electron chi connectivity index (χ0n) is 14.0. The molecule has 3 aromatic heterocycles. The minimum absolute atomic E-state index is 0.193. The highest BCUT2D eigenvalue weighted by atomic mass is 19.1. The first-order valence-corrected chi connectivity index (χ1v) is 8.10. The lowest BCUT2D eigenvalue weighted by molar-refractivity contribution is 0.445. The normalized spacial score (nSPS) is 10.7. The molecule has 7 nitrogen and oxygen atoms in total. The molecule has 134 valence electrons. The summed E-state index contributed by atoms with van der Waals surface area (Å²) in [4.78, 5) is 7.67. The van der Waals surface area contributed by atoms with Crippen molar-refractivity contribution in [2.45, 2.75) is 6.42 Å². The number of benzene rings is 1. The van der Waals surface area contributed by atoms with Crippen molar-refractivity contribution in [2.24, 2.45) is 0 Å². The largest absolute Gasteiger partial charge is 0.439 e. The Morgan fingerprint density at radius 2 is 1.85 bits per heavy atom. The summed E-state index contributed by atoms with van der Waals surface area (Å²) in [5, 5.41) is 8.07. The Kier molecular flexibility index (Phi) is 4.44. The molecule has 0 saturated heterocycles. The fourth-order valence-corrected chi connectivity index (χ4v) is 2.45. The summed E-state index contributed by atoms with van der Waals surface area (Å²) in [5.41, 5.74) is 7.37. The van der Waals surface area contributed by atoms with E-state index in [1.54, 1.807) is 36.5 Å². The minimum Gasteiger partial charge on any atom is -0.439 e. The molecule has 0 spiro atoms. The van der Waals surface area contributed by atoms with Crippen LogP contribution in [0.1, 0.15) is 11.5 Å². The molecule has 0 bridgehead atoms. The standard InChI is InChI=1S/C19H14FN5O2/c20-15-4-1-5-16(23-15)26-13-8-6-12(7-9-13)11-17-24-25-19(27-17)14-3-2-10-22-18(14)21/h1-10H,11H2,(H2,21,22). The molecule has 0 aliphatic rings. The maximum Gasteiger partial charge on any atom is 0.251 e. The molecule has 8 heteroatoms. The van der Waals surface area contributed by atoms with Gasteiger partial charge in [-0.2, -0.15) is 9.37 Å². The van der Waals surface area contributed by atoms with E-state index in [-0.39, 0.29) is 5.88 Å². The van der Waals surface area contributed by atoms with Gasteiger partial charge in [-0.1, -0.05) is 18.2 Å². The van der Waals surface area contributed by atoms with E-state index in [4.69, 9.17) is 14.9 Å². The van der Waals surface area contributed by atoms with E-state index >= 15 is 0 Å². The number of aromatic nitrogens is 4. The Balaban J connectivity index is 1.45. The van der Waals surface area contributed by atoms with Crippen LogP contribution in [0, 0.1) is 5.95 Å². The van der Waals surface area contributed by atoms with Crippen LogP contribution in [-0.2, 0) is 6.42 Å². The van der Waals surface area contributed by atoms with Gasteiger partial charge in [0.1, 0.15) is 11.6 Å². The molecule has 2 N–H and O–H groups in total. The monoisotopic (exact) mass is 363 g/mol. The SMILES string of the molecule is Nc1ncccc1-c1nnc(Cc2ccc(Oc3cccc(F)n3)cc2)o1. The number of nitrogen functional groups attached to an aromatic ring is 1. The van der Waals surface area contributed by atoms with Gasteiger partial charge in [0.15, 0.2) is 0 Å². The smallest absolute Gasteiger partial charge is 0.251 e. The van der Waals surface area contributed by atoms with Gasteiger partial charge in [-0.15, -0.1) is 10.2 Å². The van der Waals surface area contributed by atoms with Gasteiger partial charge < -0.3 is 14.9 Å². The summed E-state index contributed by atoms with van der Waals surface area (Å²) in [6.45, 7) is 0. The molecule has 0 aliphatic carbocycles. The first-order valence-electron chi connectivity index (χ1n) is 8.10. The second-order valence-corrected chi connectivity index (χ2v) is 5.66. The number of halogens is 1. The number of ether oxygens (including phenoxy) is 1. The lowest BCUT2D eigenvalue weighted by Crippen LogP contribution is -1.92. The molecule has 3 heterocycles. The van der Waals surface area contributed by atoms with Crippen LogP contribution in [-0.4, -0.2) is 20.2 Å². The van der Waals surface area contributed by atoms with Crippen molar-refractivity contribution in [1.82, 2.24) is 20.2 Å². The highest BCUT2D eigenvalue weighted by Gasteiger charge is 2.12. The molecule has 0 unspecified atom stereocenters. The van der Waals surface area contributed by atoms with Crippen molar-refractivity contribution in [3.63, 3.8) is 0 Å². The molecular weight excluding hydrogens is 349 g/mol. The van der Waals surface area contributed by atoms with Gasteiger partial charge in [0.25, 0.3) is 5.89 Å². The average molecular weight is 363 g/mol. The molecule has 4 aromatic rings. The fourth-order valence-electron chi connectivity index (χ4n) is 2.45. The number of rotatable bonds is 5. The maximum atomic E-state index is 13.1. The van der Waals surface area contributed by atoms with Crippen molar-refractivity contribution in [1.29, 1.82) is 0 Å². The second-order valence-electron chi connectivity index (χ2n) is 5.66. The first-order chi connectivity index (χ1) is 13.2. The number of anilines is 1. The third kappa shape index (κ3) is 3.90. The molecule has 1 aromatic carbocycles. The lowest BCUT2D eigenvalue weighted by atomic mass is 10.1. The van der Waals surface area contributed by atoms with Crippen LogP contribution in [0.25, 0.3) is 11.5 Å². The second kappa shape index (κ2) is 7.20. The zero-order valence-corrected chi connectivity index (χ0v) is 14.0. The number of pyridine rings is 2. The van der Waals surface area contributed by atoms with E-state index in [0.717, 1.165) is 5.56 Å². The maximum absolute atomic E-state index is 13.1. The predicted molar refractivity (Wildman–Crippen MR) is 95.5 cm³/mol. The first kappa shape index (κ1) is 16.6. The number of hydrogen-bond acceptors (Lipinski definition) is 7. The summed E-state index contributed by atoms with van der Waals surface area (Å²) >= 11 is 0. The van der Waals surface area contributed by atoms with E-state index in [9.17, 15) is 4.39 Å². The fraction of sp³-hybridized carbons (Fsp3) is 0.0526. The van der Waals surface area contributed by atoms with Crippen LogP contribution in [0.4, 0.5) is 10.2 Å². The Hall–Kier alpha value is -3.81. The highest BCUT2D eigenvalue weighted by molar-refractivity contribution is 5.66. The molecule has 0 amide bonds. The summed E-state index contributed by atoms with van der Waals surface area (Å²) in [6.07, 6.45) is 2.05. The van der Waals surface area contributed by atoms with E-state index in [2.05, 4.69) is 20.2 Å². The van der Waals surface area contributed by atoms with Crippen LogP contribution >= 0.6 is 0 Å². The van der Waals surface area contributed by atoms with Crippen LogP contribution in [0.3, 0.4) is 0 Å². The molecule has 4 rings (SSSR count). The van der Waals surface area contributed by atoms with Crippen LogP contribution < -0.4 is 10.5 Å². The van der Waals surface area contributed by atoms with Gasteiger partial charge in [-0.05, 0) is 35.9 Å². The van der Waals surface area contributed by atoms with Gasteiger partial charge >= 0.3 is 0 Å². The molecule has 0 saturated carbocycles. The summed E-state index contributed by atoms with van der Waals surface area (Å²) in [5.74, 6) is 1.26. The van der Waals surface area contributed by atoms with Gasteiger partial charge in [-0.3, -0.25) is 0 Å². The van der Waals surface area contributed by atoms with E-state index in [1.807, 2.05) is 12.1 Å². The van der Waals surface area contributed by atoms with Gasteiger partial charge in [-0.25, -0.2) is 4.98 Å². The Bertz CT molecular complexity index is 1070. The molecular formula is C19H14FN5O2. The average Bonchev–Trinajstić information content (AvgIpc) is 3.12. The van der Waals surface area contributed by atoms with Crippen LogP contribution in [0.15, 0.2) is 65.2 Å². The zero-order chi connectivity index (χ0) is 18.6. The van der Waals surface area contributed by atoms with Crippen molar-refractivity contribution < 1.29 is 13.5 Å². The molecule has 0 aliphatic heterocycles. The Morgan fingerprint density at radius 3 is 2.63 bits per heavy atom. The van der Waals surface area contributed by atoms with E-state index in [1.165, 1.54) is 12.1 Å². The van der Waals surface area contributed by atoms with Crippen LogP contribution in [0.2, 0.25) is 0 Å². The minimum atomic E-state index is -0.592. The van der Waals surface area contributed by atoms with Crippen molar-refractivity contribution in [3.05, 3.63) is 78.2 Å². The summed E-state index contributed by atoms with van der Waals surface area (Å²) in [7, 11) is 0. The van der Waals surface area contributed by atoms with Crippen molar-refractivity contribution in [3.8, 4) is 23.1 Å². The summed E-state index contributed by atoms with van der Waals surface area (Å²) in [6, 6.07) is 15.1. The number of hydrogen-bond donors (Lipinski definition) is 1. The third-order valence-electron chi connectivity index (χ3n) is 3.73. The topological polar surface area (TPSA) is 100.0 Å². The lowest BCUT2D eigenvalue weighted by Gasteiger charge is -2.05.